The smallest absolute Gasteiger partial charge is 0.00148 e. The van der Waals surface area contributed by atoms with Crippen molar-refractivity contribution < 1.29 is 0 Å². The molecule has 1 rings (SSSR count). The van der Waals surface area contributed by atoms with Crippen LogP contribution in [0.15, 0.2) is 0 Å². The predicted molar refractivity (Wildman–Crippen MR) is 75.1 cm³/mol. The van der Waals surface area contributed by atoms with Crippen molar-refractivity contribution in [3.8, 4) is 0 Å². The average Bonchev–Trinajstić information content (AvgIpc) is 2.65. The quantitative estimate of drug-likeness (QED) is 0.741. The molecule has 1 unspecified atom stereocenters. The van der Waals surface area contributed by atoms with Gasteiger partial charge in [-0.05, 0) is 43.3 Å². The topological polar surface area (TPSA) is 41.3 Å². The molecule has 3 heteroatoms. The van der Waals surface area contributed by atoms with Gasteiger partial charge in [-0.15, -0.1) is 0 Å². The zero-order chi connectivity index (χ0) is 13.1. The van der Waals surface area contributed by atoms with E-state index < -0.39 is 0 Å². The van der Waals surface area contributed by atoms with Gasteiger partial charge in [-0.3, -0.25) is 0 Å². The Morgan fingerprint density at radius 2 is 1.88 bits per heavy atom. The summed E-state index contributed by atoms with van der Waals surface area (Å²) in [5.74, 6) is 0.820. The molecular weight excluding hydrogens is 210 g/mol. The maximum Gasteiger partial charge on any atom is 0.00148 e. The highest BCUT2D eigenvalue weighted by molar-refractivity contribution is 4.87. The highest BCUT2D eigenvalue weighted by atomic mass is 15.1. The van der Waals surface area contributed by atoms with Crippen LogP contribution in [0.4, 0.5) is 0 Å². The van der Waals surface area contributed by atoms with Crippen LogP contribution in [0.25, 0.3) is 0 Å². The Hall–Kier alpha value is -0.120. The van der Waals surface area contributed by atoms with Crippen molar-refractivity contribution in [3.05, 3.63) is 0 Å². The summed E-state index contributed by atoms with van der Waals surface area (Å²) in [4.78, 5) is 2.44. The summed E-state index contributed by atoms with van der Waals surface area (Å²) in [5.41, 5.74) is 6.35. The van der Waals surface area contributed by atoms with Crippen molar-refractivity contribution >= 4 is 0 Å². The molecule has 0 aromatic rings. The fraction of sp³-hybridized carbons (Fsp3) is 1.00. The second-order valence-corrected chi connectivity index (χ2v) is 7.21. The summed E-state index contributed by atoms with van der Waals surface area (Å²) in [7, 11) is 2.22. The first kappa shape index (κ1) is 14.9. The Morgan fingerprint density at radius 3 is 2.35 bits per heavy atom. The molecule has 1 saturated heterocycles. The van der Waals surface area contributed by atoms with Crippen LogP contribution in [0.3, 0.4) is 0 Å². The minimum absolute atomic E-state index is 0.211. The van der Waals surface area contributed by atoms with Gasteiger partial charge in [0.15, 0.2) is 0 Å². The van der Waals surface area contributed by atoms with Crippen molar-refractivity contribution in [2.24, 2.45) is 22.5 Å². The number of nitrogens with zero attached hydrogens (tertiary/aromatic N) is 1. The fourth-order valence-electron chi connectivity index (χ4n) is 2.51. The first-order chi connectivity index (χ1) is 7.77. The zero-order valence-corrected chi connectivity index (χ0v) is 12.3. The van der Waals surface area contributed by atoms with Gasteiger partial charge in [0, 0.05) is 19.6 Å². The highest BCUT2D eigenvalue weighted by Crippen LogP contribution is 2.33. The summed E-state index contributed by atoms with van der Waals surface area (Å²) < 4.78 is 0. The van der Waals surface area contributed by atoms with Gasteiger partial charge in [0.2, 0.25) is 0 Å². The second kappa shape index (κ2) is 5.68. The number of hydrogen-bond acceptors (Lipinski definition) is 3. The minimum atomic E-state index is 0.211. The Labute approximate surface area is 107 Å². The number of rotatable bonds is 6. The van der Waals surface area contributed by atoms with Crippen LogP contribution in [-0.4, -0.2) is 44.7 Å². The summed E-state index contributed by atoms with van der Waals surface area (Å²) in [6.07, 6.45) is 1.34. The van der Waals surface area contributed by atoms with Gasteiger partial charge < -0.3 is 16.0 Å². The summed E-state index contributed by atoms with van der Waals surface area (Å²) in [5, 5.41) is 3.61. The van der Waals surface area contributed by atoms with E-state index >= 15 is 0 Å². The normalized spacial score (nSPS) is 23.3. The minimum Gasteiger partial charge on any atom is -0.330 e. The molecule has 0 aliphatic carbocycles. The molecule has 0 amide bonds. The van der Waals surface area contributed by atoms with Gasteiger partial charge in [0.25, 0.3) is 0 Å². The van der Waals surface area contributed by atoms with E-state index in [2.05, 4.69) is 45.0 Å². The van der Waals surface area contributed by atoms with E-state index in [-0.39, 0.29) is 5.41 Å². The number of likely N-dealkylation sites (tertiary alicyclic amines) is 1. The number of hydrogen-bond donors (Lipinski definition) is 2. The van der Waals surface area contributed by atoms with Crippen molar-refractivity contribution in [2.75, 3.05) is 39.8 Å². The first-order valence-electron chi connectivity index (χ1n) is 6.86. The highest BCUT2D eigenvalue weighted by Gasteiger charge is 2.33. The van der Waals surface area contributed by atoms with Crippen LogP contribution in [0.2, 0.25) is 0 Å². The lowest BCUT2D eigenvalue weighted by Crippen LogP contribution is -2.42. The third-order valence-corrected chi connectivity index (χ3v) is 4.23. The average molecular weight is 241 g/mol. The Morgan fingerprint density at radius 1 is 1.24 bits per heavy atom. The van der Waals surface area contributed by atoms with E-state index in [0.29, 0.717) is 5.41 Å². The molecule has 1 atom stereocenters. The molecule has 0 saturated carbocycles. The molecule has 102 valence electrons. The SMILES string of the molecule is CN1CCC(C(C)(C)CNCC(C)(C)CN)C1. The lowest BCUT2D eigenvalue weighted by atomic mass is 9.78. The third kappa shape index (κ3) is 4.57. The van der Waals surface area contributed by atoms with E-state index in [4.69, 9.17) is 5.73 Å². The predicted octanol–water partition coefficient (Wildman–Crippen LogP) is 1.54. The molecular formula is C14H31N3. The van der Waals surface area contributed by atoms with Gasteiger partial charge in [-0.1, -0.05) is 27.7 Å². The van der Waals surface area contributed by atoms with Gasteiger partial charge in [-0.2, -0.15) is 0 Å². The van der Waals surface area contributed by atoms with E-state index in [0.717, 1.165) is 25.6 Å². The second-order valence-electron chi connectivity index (χ2n) is 7.21. The molecule has 17 heavy (non-hydrogen) atoms. The lowest BCUT2D eigenvalue weighted by Gasteiger charge is -2.33. The Balaban J connectivity index is 2.34. The summed E-state index contributed by atoms with van der Waals surface area (Å²) in [6.45, 7) is 14.6. The van der Waals surface area contributed by atoms with Gasteiger partial charge in [0.05, 0.1) is 0 Å². The molecule has 3 nitrogen and oxygen atoms in total. The first-order valence-corrected chi connectivity index (χ1v) is 6.86. The number of nitrogens with one attached hydrogen (secondary N) is 1. The molecule has 3 N–H and O–H groups in total. The van der Waals surface area contributed by atoms with Crippen LogP contribution in [0, 0.1) is 16.7 Å². The van der Waals surface area contributed by atoms with Gasteiger partial charge >= 0.3 is 0 Å². The molecule has 1 fully saturated rings. The van der Waals surface area contributed by atoms with E-state index in [1.165, 1.54) is 19.5 Å². The van der Waals surface area contributed by atoms with Crippen LogP contribution in [-0.2, 0) is 0 Å². The monoisotopic (exact) mass is 241 g/mol. The van der Waals surface area contributed by atoms with Crippen LogP contribution in [0.5, 0.6) is 0 Å². The molecule has 1 heterocycles. The van der Waals surface area contributed by atoms with Gasteiger partial charge in [-0.25, -0.2) is 0 Å². The van der Waals surface area contributed by atoms with Crippen LogP contribution in [0.1, 0.15) is 34.1 Å². The third-order valence-electron chi connectivity index (χ3n) is 4.23. The summed E-state index contributed by atoms with van der Waals surface area (Å²) >= 11 is 0. The van der Waals surface area contributed by atoms with E-state index in [1.54, 1.807) is 0 Å². The molecule has 0 bridgehead atoms. The van der Waals surface area contributed by atoms with Gasteiger partial charge in [0.1, 0.15) is 0 Å². The van der Waals surface area contributed by atoms with Crippen LogP contribution < -0.4 is 11.1 Å². The van der Waals surface area contributed by atoms with E-state index in [9.17, 15) is 0 Å². The molecule has 0 spiro atoms. The standard InChI is InChI=1S/C14H31N3/c1-13(2,9-15)10-16-11-14(3,4)12-6-7-17(5)8-12/h12,16H,6-11,15H2,1-5H3. The summed E-state index contributed by atoms with van der Waals surface area (Å²) in [6, 6.07) is 0. The Bertz CT molecular complexity index is 236. The van der Waals surface area contributed by atoms with E-state index in [1.807, 2.05) is 0 Å². The largest absolute Gasteiger partial charge is 0.330 e. The molecule has 0 radical (unpaired) electrons. The zero-order valence-electron chi connectivity index (χ0n) is 12.3. The molecule has 0 aromatic heterocycles. The Kier molecular flexibility index (Phi) is 4.99. The van der Waals surface area contributed by atoms with Crippen molar-refractivity contribution in [2.45, 2.75) is 34.1 Å². The fourth-order valence-corrected chi connectivity index (χ4v) is 2.51. The van der Waals surface area contributed by atoms with Crippen molar-refractivity contribution in [3.63, 3.8) is 0 Å². The number of nitrogens with two attached hydrogens (primary N) is 1. The maximum absolute atomic E-state index is 5.75. The maximum atomic E-state index is 5.75. The van der Waals surface area contributed by atoms with Crippen molar-refractivity contribution in [1.29, 1.82) is 0 Å². The molecule has 1 aliphatic heterocycles. The lowest BCUT2D eigenvalue weighted by molar-refractivity contribution is 0.196. The van der Waals surface area contributed by atoms with Crippen LogP contribution >= 0.6 is 0 Å². The molecule has 0 aromatic carbocycles. The molecule has 1 aliphatic rings. The van der Waals surface area contributed by atoms with Crippen molar-refractivity contribution in [1.82, 2.24) is 10.2 Å².